The Morgan fingerprint density at radius 2 is 2.00 bits per heavy atom. The molecule has 2 aromatic heterocycles. The molecule has 0 saturated heterocycles. The molecule has 136 valence electrons. The summed E-state index contributed by atoms with van der Waals surface area (Å²) in [5.41, 5.74) is 3.88. The third-order valence-corrected chi connectivity index (χ3v) is 5.08. The maximum absolute atomic E-state index is 13.0. The number of nitrogens with zero attached hydrogens (tertiary/aromatic N) is 4. The van der Waals surface area contributed by atoms with Crippen molar-refractivity contribution in [1.82, 2.24) is 14.2 Å². The molecule has 0 saturated carbocycles. The average molecular weight is 415 g/mol. The molecular formula is C20H23BrN4O. The zero-order valence-electron chi connectivity index (χ0n) is 15.7. The van der Waals surface area contributed by atoms with Crippen LogP contribution in [0.3, 0.4) is 0 Å². The molecule has 3 aromatic rings. The van der Waals surface area contributed by atoms with Crippen LogP contribution >= 0.6 is 15.9 Å². The quantitative estimate of drug-likeness (QED) is 0.585. The smallest absolute Gasteiger partial charge is 0.282 e. The lowest BCUT2D eigenvalue weighted by Gasteiger charge is -2.12. The predicted molar refractivity (Wildman–Crippen MR) is 110 cm³/mol. The number of aryl methyl sites for hydroxylation is 1. The number of halogens is 1. The van der Waals surface area contributed by atoms with Gasteiger partial charge in [-0.05, 0) is 45.0 Å². The SMILES string of the molecule is CCn1c(C)cc(C=Nn2c(C(C)C)nc3ccc(Br)cc3c2=O)c1C. The fraction of sp³-hybridized carbons (Fsp3) is 0.350. The normalized spacial score (nSPS) is 12.0. The van der Waals surface area contributed by atoms with E-state index in [0.717, 1.165) is 22.3 Å². The van der Waals surface area contributed by atoms with Crippen LogP contribution in [0.1, 0.15) is 49.5 Å². The van der Waals surface area contributed by atoms with Crippen LogP contribution in [-0.4, -0.2) is 20.4 Å². The summed E-state index contributed by atoms with van der Waals surface area (Å²) in [6.07, 6.45) is 1.76. The maximum atomic E-state index is 13.0. The molecule has 0 spiro atoms. The van der Waals surface area contributed by atoms with Crippen molar-refractivity contribution >= 4 is 33.0 Å². The third-order valence-electron chi connectivity index (χ3n) is 4.59. The summed E-state index contributed by atoms with van der Waals surface area (Å²) in [5.74, 6) is 0.737. The van der Waals surface area contributed by atoms with E-state index in [-0.39, 0.29) is 11.5 Å². The lowest BCUT2D eigenvalue weighted by Crippen LogP contribution is -2.23. The van der Waals surface area contributed by atoms with Crippen LogP contribution in [0.2, 0.25) is 0 Å². The Balaban J connectivity index is 2.19. The van der Waals surface area contributed by atoms with Gasteiger partial charge in [0.2, 0.25) is 0 Å². The molecule has 3 rings (SSSR count). The lowest BCUT2D eigenvalue weighted by atomic mass is 10.2. The first-order valence-electron chi connectivity index (χ1n) is 8.76. The van der Waals surface area contributed by atoms with Gasteiger partial charge in [-0.3, -0.25) is 4.79 Å². The van der Waals surface area contributed by atoms with Gasteiger partial charge in [-0.25, -0.2) is 4.98 Å². The fourth-order valence-corrected chi connectivity index (χ4v) is 3.58. The monoisotopic (exact) mass is 414 g/mol. The van der Waals surface area contributed by atoms with Gasteiger partial charge in [0, 0.05) is 33.9 Å². The van der Waals surface area contributed by atoms with E-state index in [0.29, 0.717) is 16.7 Å². The molecule has 0 radical (unpaired) electrons. The standard InChI is InChI=1S/C20H23BrN4O/c1-6-24-13(4)9-15(14(24)5)11-22-25-19(12(2)3)23-18-8-7-16(21)10-17(18)20(25)26/h7-12H,6H2,1-5H3. The first kappa shape index (κ1) is 18.6. The second kappa shape index (κ2) is 7.19. The highest BCUT2D eigenvalue weighted by atomic mass is 79.9. The minimum Gasteiger partial charge on any atom is -0.349 e. The Kier molecular flexibility index (Phi) is 5.14. The molecule has 1 aromatic carbocycles. The third kappa shape index (κ3) is 3.26. The molecule has 5 nitrogen and oxygen atoms in total. The zero-order chi connectivity index (χ0) is 19.0. The van der Waals surface area contributed by atoms with Gasteiger partial charge in [0.25, 0.3) is 5.56 Å². The molecule has 0 aliphatic carbocycles. The van der Waals surface area contributed by atoms with E-state index in [4.69, 9.17) is 0 Å². The van der Waals surface area contributed by atoms with Crippen LogP contribution in [0.5, 0.6) is 0 Å². The Labute approximate surface area is 161 Å². The summed E-state index contributed by atoms with van der Waals surface area (Å²) in [6.45, 7) is 11.2. The first-order valence-corrected chi connectivity index (χ1v) is 9.56. The topological polar surface area (TPSA) is 52.2 Å². The molecule has 0 bridgehead atoms. The Hall–Kier alpha value is -2.21. The molecule has 0 aliphatic rings. The van der Waals surface area contributed by atoms with Gasteiger partial charge in [0.05, 0.1) is 17.1 Å². The highest BCUT2D eigenvalue weighted by Gasteiger charge is 2.14. The molecule has 0 atom stereocenters. The van der Waals surface area contributed by atoms with Crippen LogP contribution in [-0.2, 0) is 6.54 Å². The van der Waals surface area contributed by atoms with Gasteiger partial charge in [0.1, 0.15) is 5.82 Å². The van der Waals surface area contributed by atoms with E-state index >= 15 is 0 Å². The van der Waals surface area contributed by atoms with E-state index in [1.54, 1.807) is 12.3 Å². The van der Waals surface area contributed by atoms with E-state index < -0.39 is 0 Å². The zero-order valence-corrected chi connectivity index (χ0v) is 17.3. The Bertz CT molecular complexity index is 1060. The van der Waals surface area contributed by atoms with Crippen molar-refractivity contribution < 1.29 is 0 Å². The largest absolute Gasteiger partial charge is 0.349 e. The summed E-state index contributed by atoms with van der Waals surface area (Å²) in [7, 11) is 0. The van der Waals surface area contributed by atoms with Gasteiger partial charge < -0.3 is 4.57 Å². The number of aromatic nitrogens is 3. The minimum absolute atomic E-state index is 0.0796. The summed E-state index contributed by atoms with van der Waals surface area (Å²) < 4.78 is 4.50. The summed E-state index contributed by atoms with van der Waals surface area (Å²) in [4.78, 5) is 17.7. The van der Waals surface area contributed by atoms with Crippen LogP contribution in [0.4, 0.5) is 0 Å². The van der Waals surface area contributed by atoms with Crippen LogP contribution in [0.15, 0.2) is 38.6 Å². The number of hydrogen-bond donors (Lipinski definition) is 0. The van der Waals surface area contributed by atoms with E-state index in [9.17, 15) is 4.79 Å². The van der Waals surface area contributed by atoms with E-state index in [1.807, 2.05) is 26.0 Å². The Morgan fingerprint density at radius 3 is 2.62 bits per heavy atom. The first-order chi connectivity index (χ1) is 12.3. The maximum Gasteiger partial charge on any atom is 0.282 e. The van der Waals surface area contributed by atoms with Crippen LogP contribution < -0.4 is 5.56 Å². The number of fused-ring (bicyclic) bond motifs is 1. The molecule has 2 heterocycles. The molecule has 0 fully saturated rings. The van der Waals surface area contributed by atoms with Crippen molar-refractivity contribution in [2.45, 2.75) is 47.1 Å². The molecule has 0 amide bonds. The van der Waals surface area contributed by atoms with Crippen molar-refractivity contribution in [1.29, 1.82) is 0 Å². The molecule has 6 heteroatoms. The lowest BCUT2D eigenvalue weighted by molar-refractivity contribution is 0.665. The second-order valence-electron chi connectivity index (χ2n) is 6.72. The second-order valence-corrected chi connectivity index (χ2v) is 7.63. The number of benzene rings is 1. The van der Waals surface area contributed by atoms with Gasteiger partial charge >= 0.3 is 0 Å². The highest BCUT2D eigenvalue weighted by molar-refractivity contribution is 9.10. The molecule has 0 N–H and O–H groups in total. The van der Waals surface area contributed by atoms with Gasteiger partial charge in [-0.1, -0.05) is 29.8 Å². The highest BCUT2D eigenvalue weighted by Crippen LogP contribution is 2.19. The van der Waals surface area contributed by atoms with Gasteiger partial charge in [0.15, 0.2) is 0 Å². The fourth-order valence-electron chi connectivity index (χ4n) is 3.22. The average Bonchev–Trinajstić information content (AvgIpc) is 2.87. The van der Waals surface area contributed by atoms with Crippen molar-refractivity contribution in [3.63, 3.8) is 0 Å². The summed E-state index contributed by atoms with van der Waals surface area (Å²) in [6, 6.07) is 7.64. The number of rotatable bonds is 4. The van der Waals surface area contributed by atoms with Crippen LogP contribution in [0, 0.1) is 13.8 Å². The molecule has 0 aliphatic heterocycles. The summed E-state index contributed by atoms with van der Waals surface area (Å²) in [5, 5.41) is 5.07. The molecular weight excluding hydrogens is 392 g/mol. The van der Waals surface area contributed by atoms with E-state index in [2.05, 4.69) is 57.4 Å². The Morgan fingerprint density at radius 1 is 1.27 bits per heavy atom. The van der Waals surface area contributed by atoms with Crippen molar-refractivity contribution in [2.24, 2.45) is 5.10 Å². The summed E-state index contributed by atoms with van der Waals surface area (Å²) >= 11 is 3.43. The van der Waals surface area contributed by atoms with Crippen LogP contribution in [0.25, 0.3) is 10.9 Å². The van der Waals surface area contributed by atoms with Crippen molar-refractivity contribution in [3.8, 4) is 0 Å². The number of hydrogen-bond acceptors (Lipinski definition) is 3. The van der Waals surface area contributed by atoms with Crippen molar-refractivity contribution in [2.75, 3.05) is 0 Å². The van der Waals surface area contributed by atoms with Gasteiger partial charge in [-0.2, -0.15) is 9.78 Å². The van der Waals surface area contributed by atoms with Crippen molar-refractivity contribution in [3.05, 3.63) is 61.9 Å². The van der Waals surface area contributed by atoms with Gasteiger partial charge in [-0.15, -0.1) is 0 Å². The van der Waals surface area contributed by atoms with E-state index in [1.165, 1.54) is 10.4 Å². The minimum atomic E-state index is -0.152. The molecule has 0 unspecified atom stereocenters. The molecule has 26 heavy (non-hydrogen) atoms. The predicted octanol–water partition coefficient (Wildman–Crippen LogP) is 4.60.